The summed E-state index contributed by atoms with van der Waals surface area (Å²) in [5, 5.41) is 7.71. The number of thiophene rings is 1. The van der Waals surface area contributed by atoms with Gasteiger partial charge in [-0.1, -0.05) is 24.3 Å². The van der Waals surface area contributed by atoms with Gasteiger partial charge in [-0.2, -0.15) is 0 Å². The zero-order valence-electron chi connectivity index (χ0n) is 13.4. The number of benzene rings is 1. The van der Waals surface area contributed by atoms with Gasteiger partial charge in [-0.3, -0.25) is 14.6 Å². The van der Waals surface area contributed by atoms with E-state index in [0.717, 1.165) is 10.4 Å². The van der Waals surface area contributed by atoms with Crippen LogP contribution in [0.25, 0.3) is 0 Å². The molecule has 0 spiro atoms. The van der Waals surface area contributed by atoms with E-state index < -0.39 is 0 Å². The summed E-state index contributed by atoms with van der Waals surface area (Å²) in [7, 11) is 0. The van der Waals surface area contributed by atoms with Crippen molar-refractivity contribution in [1.82, 2.24) is 10.3 Å². The molecule has 3 rings (SSSR count). The standard InChI is InChI=1S/C19H17N3O2S/c23-18(11-16-7-4-10-25-16)22-17-8-2-1-5-14(17)13-21-19(24)15-6-3-9-20-12-15/h1-10,12H,11,13H2,(H,21,24)(H,22,23). The molecule has 0 aliphatic heterocycles. The van der Waals surface area contributed by atoms with Gasteiger partial charge in [0.05, 0.1) is 12.0 Å². The van der Waals surface area contributed by atoms with E-state index in [4.69, 9.17) is 0 Å². The second-order valence-electron chi connectivity index (χ2n) is 5.39. The second kappa shape index (κ2) is 8.21. The molecule has 0 bridgehead atoms. The molecule has 0 atom stereocenters. The van der Waals surface area contributed by atoms with E-state index >= 15 is 0 Å². The molecule has 2 heterocycles. The lowest BCUT2D eigenvalue weighted by Crippen LogP contribution is -2.24. The van der Waals surface area contributed by atoms with Crippen LogP contribution in [0.2, 0.25) is 0 Å². The van der Waals surface area contributed by atoms with Gasteiger partial charge in [-0.25, -0.2) is 0 Å². The number of nitrogens with zero attached hydrogens (tertiary/aromatic N) is 1. The largest absolute Gasteiger partial charge is 0.348 e. The molecule has 2 amide bonds. The number of hydrogen-bond acceptors (Lipinski definition) is 4. The number of aromatic nitrogens is 1. The lowest BCUT2D eigenvalue weighted by atomic mass is 10.1. The van der Waals surface area contributed by atoms with E-state index in [2.05, 4.69) is 15.6 Å². The number of anilines is 1. The van der Waals surface area contributed by atoms with Gasteiger partial charge >= 0.3 is 0 Å². The van der Waals surface area contributed by atoms with Gasteiger partial charge in [-0.05, 0) is 35.2 Å². The lowest BCUT2D eigenvalue weighted by Gasteiger charge is -2.12. The SMILES string of the molecule is O=C(Cc1cccs1)Nc1ccccc1CNC(=O)c1cccnc1. The van der Waals surface area contributed by atoms with Crippen LogP contribution in [0, 0.1) is 0 Å². The molecule has 0 fully saturated rings. The maximum Gasteiger partial charge on any atom is 0.253 e. The highest BCUT2D eigenvalue weighted by molar-refractivity contribution is 7.10. The van der Waals surface area contributed by atoms with Crippen molar-refractivity contribution in [3.05, 3.63) is 82.3 Å². The third-order valence-corrected chi connectivity index (χ3v) is 4.45. The van der Waals surface area contributed by atoms with Gasteiger partial charge in [-0.15, -0.1) is 11.3 Å². The number of para-hydroxylation sites is 1. The Morgan fingerprint density at radius 2 is 1.92 bits per heavy atom. The highest BCUT2D eigenvalue weighted by Crippen LogP contribution is 2.16. The summed E-state index contributed by atoms with van der Waals surface area (Å²) in [6, 6.07) is 14.7. The van der Waals surface area contributed by atoms with Gasteiger partial charge in [0.15, 0.2) is 0 Å². The second-order valence-corrected chi connectivity index (χ2v) is 6.42. The summed E-state index contributed by atoms with van der Waals surface area (Å²) in [6.45, 7) is 0.323. The molecule has 0 saturated heterocycles. The van der Waals surface area contributed by atoms with Crippen LogP contribution in [0.3, 0.4) is 0 Å². The van der Waals surface area contributed by atoms with Crippen molar-refractivity contribution < 1.29 is 9.59 Å². The van der Waals surface area contributed by atoms with Crippen LogP contribution in [0.1, 0.15) is 20.8 Å². The molecule has 0 aliphatic rings. The lowest BCUT2D eigenvalue weighted by molar-refractivity contribution is -0.115. The van der Waals surface area contributed by atoms with Gasteiger partial charge in [0.1, 0.15) is 0 Å². The monoisotopic (exact) mass is 351 g/mol. The van der Waals surface area contributed by atoms with Crippen LogP contribution in [-0.2, 0) is 17.8 Å². The zero-order chi connectivity index (χ0) is 17.5. The molecule has 1 aromatic carbocycles. The molecule has 5 nitrogen and oxygen atoms in total. The molecule has 0 aliphatic carbocycles. The minimum absolute atomic E-state index is 0.0755. The molecule has 6 heteroatoms. The Labute approximate surface area is 149 Å². The fourth-order valence-electron chi connectivity index (χ4n) is 2.34. The number of carbonyl (C=O) groups excluding carboxylic acids is 2. The molecule has 25 heavy (non-hydrogen) atoms. The highest BCUT2D eigenvalue weighted by Gasteiger charge is 2.10. The normalized spacial score (nSPS) is 10.2. The van der Waals surface area contributed by atoms with E-state index in [1.807, 2.05) is 41.8 Å². The summed E-state index contributed by atoms with van der Waals surface area (Å²) in [4.78, 5) is 29.3. The number of pyridine rings is 1. The van der Waals surface area contributed by atoms with Crippen molar-refractivity contribution in [1.29, 1.82) is 0 Å². The van der Waals surface area contributed by atoms with Crippen molar-refractivity contribution in [2.24, 2.45) is 0 Å². The van der Waals surface area contributed by atoms with E-state index in [-0.39, 0.29) is 11.8 Å². The first kappa shape index (κ1) is 16.9. The van der Waals surface area contributed by atoms with Crippen LogP contribution in [0.4, 0.5) is 5.69 Å². The summed E-state index contributed by atoms with van der Waals surface area (Å²) in [5.41, 5.74) is 2.05. The van der Waals surface area contributed by atoms with Gasteiger partial charge in [0, 0.05) is 29.5 Å². The Kier molecular flexibility index (Phi) is 5.53. The quantitative estimate of drug-likeness (QED) is 0.716. The van der Waals surface area contributed by atoms with Gasteiger partial charge in [0.25, 0.3) is 5.91 Å². The smallest absolute Gasteiger partial charge is 0.253 e. The minimum atomic E-state index is -0.201. The van der Waals surface area contributed by atoms with Crippen LogP contribution < -0.4 is 10.6 Å². The van der Waals surface area contributed by atoms with Crippen molar-refractivity contribution in [3.8, 4) is 0 Å². The molecular weight excluding hydrogens is 334 g/mol. The minimum Gasteiger partial charge on any atom is -0.348 e. The molecule has 0 saturated carbocycles. The van der Waals surface area contributed by atoms with Crippen LogP contribution in [0.5, 0.6) is 0 Å². The Morgan fingerprint density at radius 3 is 2.68 bits per heavy atom. The fourth-order valence-corrected chi connectivity index (χ4v) is 3.04. The maximum absolute atomic E-state index is 12.2. The number of rotatable bonds is 6. The van der Waals surface area contributed by atoms with Gasteiger partial charge < -0.3 is 10.6 Å². The van der Waals surface area contributed by atoms with Crippen molar-refractivity contribution in [3.63, 3.8) is 0 Å². The summed E-state index contributed by atoms with van der Waals surface area (Å²) < 4.78 is 0. The van der Waals surface area contributed by atoms with Crippen molar-refractivity contribution in [2.75, 3.05) is 5.32 Å². The summed E-state index contributed by atoms with van der Waals surface area (Å²) in [6.07, 6.45) is 3.48. The van der Waals surface area contributed by atoms with Crippen LogP contribution in [-0.4, -0.2) is 16.8 Å². The Morgan fingerprint density at radius 1 is 1.04 bits per heavy atom. The van der Waals surface area contributed by atoms with Crippen LogP contribution >= 0.6 is 11.3 Å². The first-order chi connectivity index (χ1) is 12.2. The van der Waals surface area contributed by atoms with Crippen LogP contribution in [0.15, 0.2) is 66.3 Å². The molecular formula is C19H17N3O2S. The Balaban J connectivity index is 1.62. The zero-order valence-corrected chi connectivity index (χ0v) is 14.3. The molecule has 2 aromatic heterocycles. The average molecular weight is 351 g/mol. The third-order valence-electron chi connectivity index (χ3n) is 3.57. The Bertz CT molecular complexity index is 848. The fraction of sp³-hybridized carbons (Fsp3) is 0.105. The number of carbonyl (C=O) groups is 2. The topological polar surface area (TPSA) is 71.1 Å². The highest BCUT2D eigenvalue weighted by atomic mass is 32.1. The maximum atomic E-state index is 12.2. The Hall–Kier alpha value is -2.99. The van der Waals surface area contributed by atoms with E-state index in [1.54, 1.807) is 29.7 Å². The molecule has 0 unspecified atom stereocenters. The van der Waals surface area contributed by atoms with E-state index in [0.29, 0.717) is 24.2 Å². The summed E-state index contributed by atoms with van der Waals surface area (Å²) in [5.74, 6) is -0.277. The predicted octanol–water partition coefficient (Wildman–Crippen LogP) is 3.25. The van der Waals surface area contributed by atoms with E-state index in [9.17, 15) is 9.59 Å². The van der Waals surface area contributed by atoms with Crippen molar-refractivity contribution in [2.45, 2.75) is 13.0 Å². The molecule has 3 aromatic rings. The predicted molar refractivity (Wildman–Crippen MR) is 98.5 cm³/mol. The number of nitrogens with one attached hydrogen (secondary N) is 2. The first-order valence-electron chi connectivity index (χ1n) is 7.81. The van der Waals surface area contributed by atoms with Crippen molar-refractivity contribution >= 4 is 28.8 Å². The van der Waals surface area contributed by atoms with E-state index in [1.165, 1.54) is 6.20 Å². The molecule has 126 valence electrons. The van der Waals surface area contributed by atoms with Gasteiger partial charge in [0.2, 0.25) is 5.91 Å². The first-order valence-corrected chi connectivity index (χ1v) is 8.69. The average Bonchev–Trinajstić information content (AvgIpc) is 3.14. The third kappa shape index (κ3) is 4.74. The molecule has 0 radical (unpaired) electrons. The summed E-state index contributed by atoms with van der Waals surface area (Å²) >= 11 is 1.55. The number of hydrogen-bond donors (Lipinski definition) is 2. The number of amides is 2. The molecule has 2 N–H and O–H groups in total.